The quantitative estimate of drug-likeness (QED) is 0.794. The van der Waals surface area contributed by atoms with Crippen LogP contribution in [-0.2, 0) is 11.2 Å². The molecule has 2 N–H and O–H groups in total. The summed E-state index contributed by atoms with van der Waals surface area (Å²) in [6.07, 6.45) is 2.55. The van der Waals surface area contributed by atoms with Gasteiger partial charge in [0, 0.05) is 36.3 Å². The second-order valence-electron chi connectivity index (χ2n) is 4.48. The number of nitrogens with zero attached hydrogens (tertiary/aromatic N) is 1. The van der Waals surface area contributed by atoms with Crippen LogP contribution in [0.2, 0.25) is 0 Å². The van der Waals surface area contributed by atoms with Gasteiger partial charge in [-0.15, -0.1) is 0 Å². The Morgan fingerprint density at radius 3 is 3.24 bits per heavy atom. The van der Waals surface area contributed by atoms with Crippen molar-refractivity contribution in [2.45, 2.75) is 6.42 Å². The summed E-state index contributed by atoms with van der Waals surface area (Å²) >= 11 is 0. The van der Waals surface area contributed by atoms with Crippen LogP contribution in [0.25, 0.3) is 0 Å². The Morgan fingerprint density at radius 1 is 1.59 bits per heavy atom. The van der Waals surface area contributed by atoms with E-state index in [1.54, 1.807) is 12.3 Å². The standard InChI is InChI=1S/C12H15N3O2/c16-12(15-5-8-6-17-7-8)10-2-4-14-11-9(10)1-3-13-11/h2,4,8H,1,3,5-7H2,(H,13,14)(H,15,16). The SMILES string of the molecule is O=C(NCC1COC1)c1ccnc2c1CCN2. The van der Waals surface area contributed by atoms with Crippen molar-refractivity contribution in [3.8, 4) is 0 Å². The number of anilines is 1. The number of fused-ring (bicyclic) bond motifs is 1. The molecule has 1 saturated heterocycles. The number of amides is 1. The molecule has 17 heavy (non-hydrogen) atoms. The zero-order chi connectivity index (χ0) is 11.7. The van der Waals surface area contributed by atoms with Crippen LogP contribution in [0.5, 0.6) is 0 Å². The molecule has 0 radical (unpaired) electrons. The van der Waals surface area contributed by atoms with E-state index < -0.39 is 0 Å². The van der Waals surface area contributed by atoms with Gasteiger partial charge in [-0.05, 0) is 12.5 Å². The fourth-order valence-corrected chi connectivity index (χ4v) is 2.15. The molecule has 2 aliphatic heterocycles. The van der Waals surface area contributed by atoms with E-state index in [-0.39, 0.29) is 5.91 Å². The molecule has 90 valence electrons. The Kier molecular flexibility index (Phi) is 2.68. The van der Waals surface area contributed by atoms with Gasteiger partial charge in [0.1, 0.15) is 5.82 Å². The maximum absolute atomic E-state index is 12.0. The number of nitrogens with one attached hydrogen (secondary N) is 2. The molecule has 0 aromatic carbocycles. The highest BCUT2D eigenvalue weighted by Crippen LogP contribution is 2.22. The molecule has 3 heterocycles. The van der Waals surface area contributed by atoms with Gasteiger partial charge in [0.2, 0.25) is 0 Å². The largest absolute Gasteiger partial charge is 0.381 e. The first kappa shape index (κ1) is 10.5. The summed E-state index contributed by atoms with van der Waals surface area (Å²) < 4.78 is 5.08. The molecule has 0 saturated carbocycles. The first-order valence-corrected chi connectivity index (χ1v) is 5.92. The summed E-state index contributed by atoms with van der Waals surface area (Å²) in [6, 6.07) is 1.79. The van der Waals surface area contributed by atoms with E-state index in [2.05, 4.69) is 15.6 Å². The molecule has 0 atom stereocenters. The maximum atomic E-state index is 12.0. The average molecular weight is 233 g/mol. The Hall–Kier alpha value is -1.62. The van der Waals surface area contributed by atoms with Crippen molar-refractivity contribution >= 4 is 11.7 Å². The second kappa shape index (κ2) is 4.33. The fraction of sp³-hybridized carbons (Fsp3) is 0.500. The summed E-state index contributed by atoms with van der Waals surface area (Å²) in [6.45, 7) is 3.08. The smallest absolute Gasteiger partial charge is 0.251 e. The van der Waals surface area contributed by atoms with Gasteiger partial charge in [0.05, 0.1) is 13.2 Å². The van der Waals surface area contributed by atoms with Crippen LogP contribution in [0.1, 0.15) is 15.9 Å². The van der Waals surface area contributed by atoms with E-state index in [0.29, 0.717) is 12.5 Å². The van der Waals surface area contributed by atoms with E-state index in [9.17, 15) is 4.79 Å². The molecule has 5 nitrogen and oxygen atoms in total. The lowest BCUT2D eigenvalue weighted by molar-refractivity contribution is -0.0298. The van der Waals surface area contributed by atoms with Crippen molar-refractivity contribution in [2.75, 3.05) is 31.6 Å². The Labute approximate surface area is 99.6 Å². The molecule has 1 aromatic heterocycles. The van der Waals surface area contributed by atoms with E-state index in [1.165, 1.54) is 0 Å². The maximum Gasteiger partial charge on any atom is 0.251 e. The fourth-order valence-electron chi connectivity index (χ4n) is 2.15. The van der Waals surface area contributed by atoms with Gasteiger partial charge in [-0.3, -0.25) is 4.79 Å². The van der Waals surface area contributed by atoms with Crippen LogP contribution in [0, 0.1) is 5.92 Å². The first-order chi connectivity index (χ1) is 8.34. The zero-order valence-electron chi connectivity index (χ0n) is 9.53. The molecule has 0 spiro atoms. The predicted octanol–water partition coefficient (Wildman–Crippen LogP) is 0.426. The number of pyridine rings is 1. The van der Waals surface area contributed by atoms with Crippen molar-refractivity contribution in [1.82, 2.24) is 10.3 Å². The number of ether oxygens (including phenoxy) is 1. The molecular formula is C12H15N3O2. The third-order valence-electron chi connectivity index (χ3n) is 3.23. The summed E-state index contributed by atoms with van der Waals surface area (Å²) in [5.41, 5.74) is 1.79. The van der Waals surface area contributed by atoms with E-state index >= 15 is 0 Å². The zero-order valence-corrected chi connectivity index (χ0v) is 9.53. The number of carbonyl (C=O) groups is 1. The minimum atomic E-state index is -0.000694. The molecule has 1 fully saturated rings. The second-order valence-corrected chi connectivity index (χ2v) is 4.48. The highest BCUT2D eigenvalue weighted by Gasteiger charge is 2.22. The molecule has 5 heteroatoms. The number of rotatable bonds is 3. The third kappa shape index (κ3) is 1.98. The van der Waals surface area contributed by atoms with Crippen LogP contribution >= 0.6 is 0 Å². The van der Waals surface area contributed by atoms with Crippen LogP contribution in [0.4, 0.5) is 5.82 Å². The van der Waals surface area contributed by atoms with Gasteiger partial charge in [0.25, 0.3) is 5.91 Å². The lowest BCUT2D eigenvalue weighted by Crippen LogP contribution is -2.39. The lowest BCUT2D eigenvalue weighted by atomic mass is 10.1. The highest BCUT2D eigenvalue weighted by molar-refractivity contribution is 5.97. The minimum absolute atomic E-state index is 0.000694. The van der Waals surface area contributed by atoms with Gasteiger partial charge >= 0.3 is 0 Å². The number of carbonyl (C=O) groups excluding carboxylic acids is 1. The van der Waals surface area contributed by atoms with E-state index in [1.807, 2.05) is 0 Å². The summed E-state index contributed by atoms with van der Waals surface area (Å²) in [5, 5.41) is 6.13. The first-order valence-electron chi connectivity index (χ1n) is 5.92. The van der Waals surface area contributed by atoms with Gasteiger partial charge in [-0.25, -0.2) is 4.98 Å². The van der Waals surface area contributed by atoms with E-state index in [0.717, 1.165) is 43.1 Å². The normalized spacial score (nSPS) is 18.1. The number of hydrogen-bond acceptors (Lipinski definition) is 4. The van der Waals surface area contributed by atoms with Crippen LogP contribution in [0.3, 0.4) is 0 Å². The van der Waals surface area contributed by atoms with Gasteiger partial charge in [-0.2, -0.15) is 0 Å². The molecule has 1 amide bonds. The van der Waals surface area contributed by atoms with Crippen molar-refractivity contribution in [3.63, 3.8) is 0 Å². The van der Waals surface area contributed by atoms with Gasteiger partial charge in [-0.1, -0.05) is 0 Å². The van der Waals surface area contributed by atoms with Crippen molar-refractivity contribution in [2.24, 2.45) is 5.92 Å². The lowest BCUT2D eigenvalue weighted by Gasteiger charge is -2.26. The number of aromatic nitrogens is 1. The highest BCUT2D eigenvalue weighted by atomic mass is 16.5. The monoisotopic (exact) mass is 233 g/mol. The third-order valence-corrected chi connectivity index (χ3v) is 3.23. The van der Waals surface area contributed by atoms with Crippen LogP contribution < -0.4 is 10.6 Å². The average Bonchev–Trinajstić information content (AvgIpc) is 2.74. The van der Waals surface area contributed by atoms with E-state index in [4.69, 9.17) is 4.74 Å². The van der Waals surface area contributed by atoms with Crippen molar-refractivity contribution in [3.05, 3.63) is 23.4 Å². The Balaban J connectivity index is 1.70. The molecular weight excluding hydrogens is 218 g/mol. The molecule has 0 bridgehead atoms. The molecule has 2 aliphatic rings. The number of hydrogen-bond donors (Lipinski definition) is 2. The summed E-state index contributed by atoms with van der Waals surface area (Å²) in [4.78, 5) is 16.3. The summed E-state index contributed by atoms with van der Waals surface area (Å²) in [7, 11) is 0. The topological polar surface area (TPSA) is 63.2 Å². The molecule has 3 rings (SSSR count). The molecule has 0 aliphatic carbocycles. The van der Waals surface area contributed by atoms with Crippen molar-refractivity contribution < 1.29 is 9.53 Å². The Bertz CT molecular complexity index is 443. The minimum Gasteiger partial charge on any atom is -0.381 e. The van der Waals surface area contributed by atoms with Crippen LogP contribution in [0.15, 0.2) is 12.3 Å². The summed E-state index contributed by atoms with van der Waals surface area (Å²) in [5.74, 6) is 1.33. The molecule has 0 unspecified atom stereocenters. The molecule has 1 aromatic rings. The van der Waals surface area contributed by atoms with Crippen molar-refractivity contribution in [1.29, 1.82) is 0 Å². The van der Waals surface area contributed by atoms with Gasteiger partial charge < -0.3 is 15.4 Å². The van der Waals surface area contributed by atoms with Gasteiger partial charge in [0.15, 0.2) is 0 Å². The Morgan fingerprint density at radius 2 is 2.47 bits per heavy atom. The van der Waals surface area contributed by atoms with Crippen LogP contribution in [-0.4, -0.2) is 37.2 Å². The predicted molar refractivity (Wildman–Crippen MR) is 63.1 cm³/mol.